The fourth-order valence-electron chi connectivity index (χ4n) is 1.99. The Morgan fingerprint density at radius 1 is 1.30 bits per heavy atom. The lowest BCUT2D eigenvalue weighted by atomic mass is 10.2. The number of rotatable bonds is 7. The van der Waals surface area contributed by atoms with E-state index in [9.17, 15) is 9.59 Å². The van der Waals surface area contributed by atoms with E-state index in [0.29, 0.717) is 16.9 Å². The van der Waals surface area contributed by atoms with Crippen molar-refractivity contribution in [2.45, 2.75) is 0 Å². The number of carbonyl (C=O) groups is 2. The molecule has 0 spiro atoms. The van der Waals surface area contributed by atoms with E-state index in [1.54, 1.807) is 24.3 Å². The van der Waals surface area contributed by atoms with Crippen LogP contribution in [0.25, 0.3) is 0 Å². The van der Waals surface area contributed by atoms with Crippen LogP contribution in [0.4, 0.5) is 0 Å². The fourth-order valence-corrected chi connectivity index (χ4v) is 3.00. The molecular formula is C19H15BrIN3O3. The monoisotopic (exact) mass is 539 g/mol. The number of hydrogen-bond donors (Lipinski definition) is 2. The first-order valence-corrected chi connectivity index (χ1v) is 9.59. The fraction of sp³-hybridized carbons (Fsp3) is 0.105. The van der Waals surface area contributed by atoms with Gasteiger partial charge < -0.3 is 10.1 Å². The van der Waals surface area contributed by atoms with E-state index in [2.05, 4.69) is 60.3 Å². The normalized spacial score (nSPS) is 10.3. The summed E-state index contributed by atoms with van der Waals surface area (Å²) < 4.78 is 7.05. The summed E-state index contributed by atoms with van der Waals surface area (Å²) in [4.78, 5) is 23.9. The highest BCUT2D eigenvalue weighted by atomic mass is 127. The van der Waals surface area contributed by atoms with Gasteiger partial charge in [-0.3, -0.25) is 9.59 Å². The zero-order valence-electron chi connectivity index (χ0n) is 14.0. The van der Waals surface area contributed by atoms with Crippen LogP contribution in [0.5, 0.6) is 5.75 Å². The average Bonchev–Trinajstić information content (AvgIpc) is 2.66. The lowest BCUT2D eigenvalue weighted by Crippen LogP contribution is -2.35. The smallest absolute Gasteiger partial charge is 0.259 e. The van der Waals surface area contributed by atoms with Crippen LogP contribution in [-0.4, -0.2) is 31.2 Å². The molecule has 2 aromatic carbocycles. The largest absolute Gasteiger partial charge is 0.480 e. The molecule has 0 fully saturated rings. The number of hydrogen-bond acceptors (Lipinski definition) is 4. The van der Waals surface area contributed by atoms with Gasteiger partial charge in [-0.2, -0.15) is 5.10 Å². The van der Waals surface area contributed by atoms with Crippen LogP contribution in [0.1, 0.15) is 15.9 Å². The Morgan fingerprint density at radius 3 is 2.81 bits per heavy atom. The highest BCUT2D eigenvalue weighted by Gasteiger charge is 2.10. The van der Waals surface area contributed by atoms with Crippen molar-refractivity contribution in [1.82, 2.24) is 10.7 Å². The van der Waals surface area contributed by atoms with E-state index in [1.165, 1.54) is 6.21 Å². The van der Waals surface area contributed by atoms with Crippen molar-refractivity contribution in [3.05, 3.63) is 61.6 Å². The quantitative estimate of drug-likeness (QED) is 0.246. The number of carbonyl (C=O) groups excluding carboxylic acids is 2. The minimum absolute atomic E-state index is 0.124. The van der Waals surface area contributed by atoms with Crippen molar-refractivity contribution in [2.75, 3.05) is 13.2 Å². The first-order valence-electron chi connectivity index (χ1n) is 7.71. The summed E-state index contributed by atoms with van der Waals surface area (Å²) in [5.41, 5.74) is 3.51. The first-order chi connectivity index (χ1) is 13.0. The standard InChI is InChI=1S/C19H15BrIN3O3/c1-2-9-27-17-8-7-14(20)10-13(17)11-23-24-18(25)12-22-19(26)15-5-3-4-6-16(15)21/h1,3-8,10-11H,9,12H2,(H,22,26)(H,24,25)/b23-11+. The Morgan fingerprint density at radius 2 is 2.07 bits per heavy atom. The molecule has 8 heteroatoms. The lowest BCUT2D eigenvalue weighted by molar-refractivity contribution is -0.120. The van der Waals surface area contributed by atoms with Crippen molar-refractivity contribution in [2.24, 2.45) is 5.10 Å². The van der Waals surface area contributed by atoms with Gasteiger partial charge in [-0.15, -0.1) is 6.42 Å². The van der Waals surface area contributed by atoms with Gasteiger partial charge in [-0.25, -0.2) is 5.43 Å². The molecule has 0 bridgehead atoms. The topological polar surface area (TPSA) is 79.8 Å². The molecule has 2 rings (SSSR count). The molecule has 0 saturated heterocycles. The Bertz CT molecular complexity index is 909. The van der Waals surface area contributed by atoms with Crippen molar-refractivity contribution < 1.29 is 14.3 Å². The second kappa shape index (κ2) is 10.7. The average molecular weight is 540 g/mol. The van der Waals surface area contributed by atoms with Gasteiger partial charge in [0.2, 0.25) is 0 Å². The van der Waals surface area contributed by atoms with Crippen LogP contribution < -0.4 is 15.5 Å². The predicted octanol–water partition coefficient (Wildman–Crippen LogP) is 2.95. The Balaban J connectivity index is 1.90. The molecule has 0 saturated carbocycles. The van der Waals surface area contributed by atoms with E-state index in [4.69, 9.17) is 11.2 Å². The maximum Gasteiger partial charge on any atom is 0.259 e. The molecule has 138 valence electrons. The van der Waals surface area contributed by atoms with E-state index >= 15 is 0 Å². The second-order valence-corrected chi connectivity index (χ2v) is 7.21. The molecule has 0 atom stereocenters. The third-order valence-corrected chi connectivity index (χ3v) is 4.64. The summed E-state index contributed by atoms with van der Waals surface area (Å²) >= 11 is 5.43. The maximum atomic E-state index is 12.1. The van der Waals surface area contributed by atoms with E-state index in [0.717, 1.165) is 8.04 Å². The number of hydrazone groups is 1. The number of nitrogens with one attached hydrogen (secondary N) is 2. The van der Waals surface area contributed by atoms with Crippen LogP contribution in [0.2, 0.25) is 0 Å². The predicted molar refractivity (Wildman–Crippen MR) is 116 cm³/mol. The molecule has 2 N–H and O–H groups in total. The van der Waals surface area contributed by atoms with Gasteiger partial charge >= 0.3 is 0 Å². The lowest BCUT2D eigenvalue weighted by Gasteiger charge is -2.07. The molecule has 0 radical (unpaired) electrons. The van der Waals surface area contributed by atoms with Crippen LogP contribution in [0.15, 0.2) is 52.0 Å². The third-order valence-electron chi connectivity index (χ3n) is 3.20. The Kier molecular flexibility index (Phi) is 8.29. The minimum atomic E-state index is -0.452. The number of terminal acetylenes is 1. The van der Waals surface area contributed by atoms with E-state index < -0.39 is 5.91 Å². The van der Waals surface area contributed by atoms with Gasteiger partial charge in [0, 0.05) is 13.6 Å². The highest BCUT2D eigenvalue weighted by Crippen LogP contribution is 2.21. The first kappa shape index (κ1) is 20.9. The van der Waals surface area contributed by atoms with Crippen molar-refractivity contribution in [3.8, 4) is 18.1 Å². The molecule has 0 aliphatic carbocycles. The SMILES string of the molecule is C#CCOc1ccc(Br)cc1/C=N/NC(=O)CNC(=O)c1ccccc1I. The molecule has 2 amide bonds. The molecular weight excluding hydrogens is 525 g/mol. The summed E-state index contributed by atoms with van der Waals surface area (Å²) in [5.74, 6) is 2.16. The molecule has 27 heavy (non-hydrogen) atoms. The van der Waals surface area contributed by atoms with Gasteiger partial charge in [0.05, 0.1) is 18.3 Å². The van der Waals surface area contributed by atoms with Gasteiger partial charge in [0.25, 0.3) is 11.8 Å². The summed E-state index contributed by atoms with van der Waals surface area (Å²) in [6.45, 7) is -0.0702. The summed E-state index contributed by atoms with van der Waals surface area (Å²) in [5, 5.41) is 6.44. The summed E-state index contributed by atoms with van der Waals surface area (Å²) in [7, 11) is 0. The van der Waals surface area contributed by atoms with Crippen LogP contribution >= 0.6 is 38.5 Å². The summed E-state index contributed by atoms with van der Waals surface area (Å²) in [6.07, 6.45) is 6.64. The third kappa shape index (κ3) is 6.69. The maximum absolute atomic E-state index is 12.1. The van der Waals surface area contributed by atoms with Gasteiger partial charge in [-0.05, 0) is 52.9 Å². The number of amides is 2. The van der Waals surface area contributed by atoms with Crippen LogP contribution in [-0.2, 0) is 4.79 Å². The van der Waals surface area contributed by atoms with Crippen molar-refractivity contribution >= 4 is 56.5 Å². The zero-order chi connectivity index (χ0) is 19.6. The Hall–Kier alpha value is -2.38. The molecule has 0 aliphatic heterocycles. The van der Waals surface area contributed by atoms with Crippen molar-refractivity contribution in [1.29, 1.82) is 0 Å². The van der Waals surface area contributed by atoms with Gasteiger partial charge in [0.1, 0.15) is 12.4 Å². The minimum Gasteiger partial charge on any atom is -0.480 e. The number of ether oxygens (including phenoxy) is 1. The summed E-state index contributed by atoms with van der Waals surface area (Å²) in [6, 6.07) is 12.4. The van der Waals surface area contributed by atoms with E-state index in [-0.39, 0.29) is 19.1 Å². The van der Waals surface area contributed by atoms with Crippen LogP contribution in [0.3, 0.4) is 0 Å². The highest BCUT2D eigenvalue weighted by molar-refractivity contribution is 14.1. The molecule has 0 aliphatic rings. The van der Waals surface area contributed by atoms with Gasteiger partial charge in [-0.1, -0.05) is 34.0 Å². The molecule has 0 heterocycles. The van der Waals surface area contributed by atoms with Gasteiger partial charge in [0.15, 0.2) is 0 Å². The number of halogens is 2. The number of nitrogens with zero attached hydrogens (tertiary/aromatic N) is 1. The van der Waals surface area contributed by atoms with E-state index in [1.807, 2.05) is 18.2 Å². The molecule has 2 aromatic rings. The zero-order valence-corrected chi connectivity index (χ0v) is 17.8. The second-order valence-electron chi connectivity index (χ2n) is 5.13. The molecule has 0 unspecified atom stereocenters. The van der Waals surface area contributed by atoms with Crippen LogP contribution in [0, 0.1) is 15.9 Å². The number of benzene rings is 2. The Labute approximate surface area is 179 Å². The molecule has 0 aromatic heterocycles. The molecule has 6 nitrogen and oxygen atoms in total. The van der Waals surface area contributed by atoms with Crippen molar-refractivity contribution in [3.63, 3.8) is 0 Å².